The van der Waals surface area contributed by atoms with Crippen LogP contribution in [0.5, 0.6) is 0 Å². The van der Waals surface area contributed by atoms with Crippen molar-refractivity contribution in [2.45, 2.75) is 25.8 Å². The van der Waals surface area contributed by atoms with E-state index < -0.39 is 11.5 Å². The number of carbonyl (C=O) groups is 2. The summed E-state index contributed by atoms with van der Waals surface area (Å²) in [7, 11) is 0. The number of hydrogen-bond donors (Lipinski definition) is 2. The first kappa shape index (κ1) is 14.5. The average Bonchev–Trinajstić information content (AvgIpc) is 2.68. The Bertz CT molecular complexity index is 679. The molecule has 0 spiro atoms. The highest BCUT2D eigenvalue weighted by atomic mass is 79.9. The standard InChI is InChI=1S/C13H14BrN3O3/c1-13(2,12(19)20)16-11(18)5-9-7-17-6-8(14)3-4-10(17)15-9/h3-4,6-7H,5H2,1-2H3,(H,16,18)(H,19,20). The molecule has 0 fully saturated rings. The summed E-state index contributed by atoms with van der Waals surface area (Å²) >= 11 is 3.36. The first-order valence-electron chi connectivity index (χ1n) is 5.95. The Kier molecular flexibility index (Phi) is 3.80. The van der Waals surface area contributed by atoms with Crippen molar-refractivity contribution in [3.63, 3.8) is 0 Å². The largest absolute Gasteiger partial charge is 0.480 e. The van der Waals surface area contributed by atoms with E-state index in [0.29, 0.717) is 5.69 Å². The minimum atomic E-state index is -1.29. The van der Waals surface area contributed by atoms with Crippen molar-refractivity contribution in [1.29, 1.82) is 0 Å². The van der Waals surface area contributed by atoms with E-state index in [1.165, 1.54) is 13.8 Å². The van der Waals surface area contributed by atoms with Crippen LogP contribution in [0.25, 0.3) is 5.65 Å². The molecular weight excluding hydrogens is 326 g/mol. The number of amides is 1. The van der Waals surface area contributed by atoms with Crippen molar-refractivity contribution in [3.8, 4) is 0 Å². The van der Waals surface area contributed by atoms with Gasteiger partial charge in [-0.15, -0.1) is 0 Å². The van der Waals surface area contributed by atoms with Gasteiger partial charge in [0.1, 0.15) is 11.2 Å². The predicted molar refractivity (Wildman–Crippen MR) is 76.5 cm³/mol. The van der Waals surface area contributed by atoms with Crippen LogP contribution in [0.3, 0.4) is 0 Å². The Morgan fingerprint density at radius 2 is 2.10 bits per heavy atom. The van der Waals surface area contributed by atoms with Crippen LogP contribution in [0.2, 0.25) is 0 Å². The van der Waals surface area contributed by atoms with Crippen molar-refractivity contribution in [2.24, 2.45) is 0 Å². The summed E-state index contributed by atoms with van der Waals surface area (Å²) in [4.78, 5) is 27.1. The quantitative estimate of drug-likeness (QED) is 0.886. The molecule has 0 aromatic carbocycles. The summed E-state index contributed by atoms with van der Waals surface area (Å²) in [6.07, 6.45) is 3.62. The van der Waals surface area contributed by atoms with E-state index in [1.807, 2.05) is 18.3 Å². The van der Waals surface area contributed by atoms with E-state index in [1.54, 1.807) is 10.6 Å². The topological polar surface area (TPSA) is 83.7 Å². The van der Waals surface area contributed by atoms with Crippen LogP contribution in [0, 0.1) is 0 Å². The van der Waals surface area contributed by atoms with Crippen LogP contribution in [0.4, 0.5) is 0 Å². The van der Waals surface area contributed by atoms with Crippen molar-refractivity contribution < 1.29 is 14.7 Å². The summed E-state index contributed by atoms with van der Waals surface area (Å²) in [6, 6.07) is 3.69. The summed E-state index contributed by atoms with van der Waals surface area (Å²) in [5.41, 5.74) is 0.0227. The lowest BCUT2D eigenvalue weighted by molar-refractivity contribution is -0.145. The number of hydrogen-bond acceptors (Lipinski definition) is 3. The third-order valence-corrected chi connectivity index (χ3v) is 3.26. The van der Waals surface area contributed by atoms with Gasteiger partial charge in [0.25, 0.3) is 0 Å². The third-order valence-electron chi connectivity index (χ3n) is 2.79. The number of carboxylic acids is 1. The Hall–Kier alpha value is -1.89. The molecule has 20 heavy (non-hydrogen) atoms. The number of aromatic nitrogens is 2. The van der Waals surface area contributed by atoms with E-state index in [2.05, 4.69) is 26.2 Å². The third kappa shape index (κ3) is 3.16. The molecule has 0 radical (unpaired) electrons. The van der Waals surface area contributed by atoms with Gasteiger partial charge < -0.3 is 14.8 Å². The molecular formula is C13H14BrN3O3. The van der Waals surface area contributed by atoms with Gasteiger partial charge >= 0.3 is 5.97 Å². The number of carbonyl (C=O) groups excluding carboxylic acids is 1. The van der Waals surface area contributed by atoms with Gasteiger partial charge in [0, 0.05) is 16.9 Å². The normalized spacial score (nSPS) is 11.6. The molecule has 0 unspecified atom stereocenters. The van der Waals surface area contributed by atoms with Gasteiger partial charge in [-0.1, -0.05) is 0 Å². The Morgan fingerprint density at radius 3 is 2.75 bits per heavy atom. The molecule has 0 atom stereocenters. The summed E-state index contributed by atoms with van der Waals surface area (Å²) in [5.74, 6) is -1.45. The monoisotopic (exact) mass is 339 g/mol. The Labute approximate surface area is 123 Å². The molecule has 2 heterocycles. The number of imidazole rings is 1. The summed E-state index contributed by atoms with van der Waals surface area (Å²) in [6.45, 7) is 2.88. The van der Waals surface area contributed by atoms with Crippen molar-refractivity contribution in [1.82, 2.24) is 14.7 Å². The number of halogens is 1. The lowest BCUT2D eigenvalue weighted by Gasteiger charge is -2.20. The number of rotatable bonds is 4. The molecule has 2 N–H and O–H groups in total. The van der Waals surface area contributed by atoms with Gasteiger partial charge in [-0.05, 0) is 41.9 Å². The van der Waals surface area contributed by atoms with Crippen molar-refractivity contribution in [3.05, 3.63) is 34.7 Å². The Balaban J connectivity index is 2.12. The Morgan fingerprint density at radius 1 is 1.40 bits per heavy atom. The first-order chi connectivity index (χ1) is 9.28. The van der Waals surface area contributed by atoms with E-state index in [9.17, 15) is 9.59 Å². The number of nitrogens with zero attached hydrogens (tertiary/aromatic N) is 2. The minimum absolute atomic E-state index is 0.0377. The van der Waals surface area contributed by atoms with E-state index >= 15 is 0 Å². The molecule has 1 amide bonds. The molecule has 0 saturated carbocycles. The van der Waals surface area contributed by atoms with Crippen LogP contribution in [-0.2, 0) is 16.0 Å². The fourth-order valence-corrected chi connectivity index (χ4v) is 2.07. The van der Waals surface area contributed by atoms with Gasteiger partial charge in [-0.2, -0.15) is 0 Å². The van der Waals surface area contributed by atoms with Crippen LogP contribution in [-0.4, -0.2) is 31.9 Å². The van der Waals surface area contributed by atoms with E-state index in [4.69, 9.17) is 5.11 Å². The smallest absolute Gasteiger partial charge is 0.328 e. The maximum Gasteiger partial charge on any atom is 0.328 e. The zero-order chi connectivity index (χ0) is 14.9. The van der Waals surface area contributed by atoms with Crippen LogP contribution >= 0.6 is 15.9 Å². The first-order valence-corrected chi connectivity index (χ1v) is 6.75. The van der Waals surface area contributed by atoms with Gasteiger partial charge in [0.15, 0.2) is 0 Å². The highest BCUT2D eigenvalue weighted by Gasteiger charge is 2.28. The molecule has 7 heteroatoms. The van der Waals surface area contributed by atoms with E-state index in [-0.39, 0.29) is 12.3 Å². The highest BCUT2D eigenvalue weighted by Crippen LogP contribution is 2.13. The van der Waals surface area contributed by atoms with Crippen LogP contribution < -0.4 is 5.32 Å². The number of nitrogens with one attached hydrogen (secondary N) is 1. The number of pyridine rings is 1. The fourth-order valence-electron chi connectivity index (χ4n) is 1.71. The van der Waals surface area contributed by atoms with E-state index in [0.717, 1.165) is 10.1 Å². The lowest BCUT2D eigenvalue weighted by atomic mass is 10.1. The number of aliphatic carboxylic acids is 1. The lowest BCUT2D eigenvalue weighted by Crippen LogP contribution is -2.50. The molecule has 2 rings (SSSR count). The molecule has 2 aromatic rings. The second-order valence-electron chi connectivity index (χ2n) is 5.00. The maximum absolute atomic E-state index is 11.8. The molecule has 0 aliphatic rings. The molecule has 2 aromatic heterocycles. The predicted octanol–water partition coefficient (Wildman–Crippen LogP) is 1.62. The number of carboxylic acid groups (broad SMARTS) is 1. The van der Waals surface area contributed by atoms with Gasteiger partial charge in [-0.3, -0.25) is 4.79 Å². The zero-order valence-corrected chi connectivity index (χ0v) is 12.6. The molecule has 0 bridgehead atoms. The maximum atomic E-state index is 11.8. The summed E-state index contributed by atoms with van der Waals surface area (Å²) in [5, 5.41) is 11.4. The van der Waals surface area contributed by atoms with Crippen LogP contribution in [0.15, 0.2) is 29.0 Å². The van der Waals surface area contributed by atoms with Gasteiger partial charge in [0.2, 0.25) is 5.91 Å². The van der Waals surface area contributed by atoms with Crippen molar-refractivity contribution >= 4 is 33.5 Å². The second-order valence-corrected chi connectivity index (χ2v) is 5.92. The minimum Gasteiger partial charge on any atom is -0.480 e. The molecule has 0 aliphatic carbocycles. The molecule has 0 saturated heterocycles. The van der Waals surface area contributed by atoms with Crippen molar-refractivity contribution in [2.75, 3.05) is 0 Å². The summed E-state index contributed by atoms with van der Waals surface area (Å²) < 4.78 is 2.71. The molecule has 0 aliphatic heterocycles. The molecule has 106 valence electrons. The second kappa shape index (κ2) is 5.24. The van der Waals surface area contributed by atoms with Crippen LogP contribution in [0.1, 0.15) is 19.5 Å². The average molecular weight is 340 g/mol. The SMILES string of the molecule is CC(C)(NC(=O)Cc1cn2cc(Br)ccc2n1)C(=O)O. The number of fused-ring (bicyclic) bond motifs is 1. The van der Waals surface area contributed by atoms with Gasteiger partial charge in [0.05, 0.1) is 12.1 Å². The zero-order valence-electron chi connectivity index (χ0n) is 11.1. The van der Waals surface area contributed by atoms with Gasteiger partial charge in [-0.25, -0.2) is 9.78 Å². The molecule has 6 nitrogen and oxygen atoms in total. The fraction of sp³-hybridized carbons (Fsp3) is 0.308. The highest BCUT2D eigenvalue weighted by molar-refractivity contribution is 9.10.